The zero-order valence-corrected chi connectivity index (χ0v) is 14.4. The summed E-state index contributed by atoms with van der Waals surface area (Å²) in [4.78, 5) is 12.3. The molecule has 2 heteroatoms. The van der Waals surface area contributed by atoms with E-state index in [1.54, 1.807) is 12.1 Å². The molecule has 23 heavy (non-hydrogen) atoms. The van der Waals surface area contributed by atoms with Gasteiger partial charge in [-0.05, 0) is 59.1 Å². The maximum atomic E-state index is 12.3. The van der Waals surface area contributed by atoms with Gasteiger partial charge in [-0.1, -0.05) is 52.0 Å². The molecule has 0 heterocycles. The first-order chi connectivity index (χ1) is 10.8. The van der Waals surface area contributed by atoms with E-state index in [0.29, 0.717) is 5.56 Å². The predicted molar refractivity (Wildman–Crippen MR) is 95.0 cm³/mol. The summed E-state index contributed by atoms with van der Waals surface area (Å²) in [5.74, 6) is -0.113. The van der Waals surface area contributed by atoms with Crippen LogP contribution in [0.2, 0.25) is 0 Å². The van der Waals surface area contributed by atoms with Gasteiger partial charge in [0.25, 0.3) is 5.91 Å². The van der Waals surface area contributed by atoms with Crippen LogP contribution in [0.3, 0.4) is 0 Å². The molecule has 0 atom stereocenters. The van der Waals surface area contributed by atoms with Gasteiger partial charge in [-0.2, -0.15) is 0 Å². The Morgan fingerprint density at radius 2 is 1.70 bits per heavy atom. The molecule has 2 aromatic rings. The average molecular weight is 306 g/mol. The minimum absolute atomic E-state index is 0.113. The molecule has 0 fully saturated rings. The van der Waals surface area contributed by atoms with Gasteiger partial charge in [0.05, 0.1) is 0 Å². The lowest BCUT2D eigenvalue weighted by Crippen LogP contribution is -2.33. The van der Waals surface area contributed by atoms with Crippen molar-refractivity contribution in [2.75, 3.05) is 5.32 Å². The fourth-order valence-electron chi connectivity index (χ4n) is 3.40. The number of benzene rings is 2. The molecule has 0 bridgehead atoms. The molecule has 0 saturated heterocycles. The molecule has 2 aromatic carbocycles. The second-order valence-electron chi connectivity index (χ2n) is 7.76. The Bertz CT molecular complexity index is 729. The fraction of sp³-hybridized carbons (Fsp3) is 0.381. The summed E-state index contributed by atoms with van der Waals surface area (Å²) >= 11 is 0. The van der Waals surface area contributed by atoms with Crippen LogP contribution < -0.4 is 5.32 Å². The van der Waals surface area contributed by atoms with Crippen LogP contribution in [-0.2, 0) is 10.8 Å². The molecule has 0 unspecified atom stereocenters. The molecule has 119 valence electrons. The normalized spacial score (nSPS) is 18.1. The number of nitrogens with one attached hydrogen (secondary N) is 1. The van der Waals surface area contributed by atoms with Crippen molar-refractivity contribution < 1.29 is 4.79 Å². The highest BCUT2D eigenvalue weighted by Crippen LogP contribution is 2.46. The Morgan fingerprint density at radius 3 is 2.35 bits per heavy atom. The quantitative estimate of drug-likeness (QED) is 0.823. The van der Waals surface area contributed by atoms with Gasteiger partial charge < -0.3 is 5.32 Å². The largest absolute Gasteiger partial charge is 0.322 e. The number of carbonyl (C=O) groups excluding carboxylic acids is 1. The molecule has 1 N–H and O–H groups in total. The molecule has 1 amide bonds. The highest BCUT2D eigenvalue weighted by molar-refractivity contribution is 6.04. The Hall–Kier alpha value is -2.09. The van der Waals surface area contributed by atoms with Crippen molar-refractivity contribution in [3.05, 3.63) is 65.2 Å². The topological polar surface area (TPSA) is 29.1 Å². The molecule has 0 saturated carbocycles. The van der Waals surface area contributed by atoms with Crippen LogP contribution in [0.5, 0.6) is 0 Å². The zero-order valence-electron chi connectivity index (χ0n) is 14.4. The van der Waals surface area contributed by atoms with E-state index in [0.717, 1.165) is 12.1 Å². The number of rotatable bonds is 2. The van der Waals surface area contributed by atoms with Gasteiger partial charge in [-0.3, -0.25) is 4.79 Å². The minimum Gasteiger partial charge on any atom is -0.322 e. The van der Waals surface area contributed by atoms with Gasteiger partial charge >= 0.3 is 0 Å². The Labute approximate surface area is 138 Å². The molecule has 0 aromatic heterocycles. The lowest BCUT2D eigenvalue weighted by atomic mass is 9.63. The van der Waals surface area contributed by atoms with E-state index < -0.39 is 0 Å². The number of hydrogen-bond acceptors (Lipinski definition) is 1. The highest BCUT2D eigenvalue weighted by atomic mass is 16.1. The van der Waals surface area contributed by atoms with E-state index in [9.17, 15) is 4.79 Å². The van der Waals surface area contributed by atoms with Crippen molar-refractivity contribution in [2.45, 2.75) is 51.4 Å². The number of hydrogen-bond donors (Lipinski definition) is 1. The van der Waals surface area contributed by atoms with Crippen LogP contribution in [0.4, 0.5) is 5.69 Å². The number of anilines is 1. The smallest absolute Gasteiger partial charge is 0.256 e. The average Bonchev–Trinajstić information content (AvgIpc) is 2.53. The number of amides is 1. The van der Waals surface area contributed by atoms with Crippen LogP contribution in [0.25, 0.3) is 0 Å². The van der Waals surface area contributed by atoms with Crippen molar-refractivity contribution in [1.82, 2.24) is 0 Å². The first-order valence-electron chi connectivity index (χ1n) is 8.23. The first-order valence-corrected chi connectivity index (χ1v) is 8.23. The van der Waals surface area contributed by atoms with Gasteiger partial charge in [0.15, 0.2) is 0 Å². The third kappa shape index (κ3) is 3.03. The molecule has 2 nitrogen and oxygen atoms in total. The summed E-state index contributed by atoms with van der Waals surface area (Å²) in [7, 11) is 0. The summed E-state index contributed by atoms with van der Waals surface area (Å²) in [5.41, 5.74) is 4.51. The van der Waals surface area contributed by atoms with Crippen molar-refractivity contribution in [2.24, 2.45) is 0 Å². The first kappa shape index (κ1) is 15.8. The van der Waals surface area contributed by atoms with Crippen molar-refractivity contribution in [1.29, 1.82) is 0 Å². The van der Waals surface area contributed by atoms with Crippen LogP contribution >= 0.6 is 0 Å². The van der Waals surface area contributed by atoms with Crippen LogP contribution in [0.15, 0.2) is 42.5 Å². The molecular formula is C21H24NO. The maximum Gasteiger partial charge on any atom is 0.256 e. The van der Waals surface area contributed by atoms with Crippen molar-refractivity contribution in [3.8, 4) is 0 Å². The van der Waals surface area contributed by atoms with E-state index in [1.165, 1.54) is 17.5 Å². The van der Waals surface area contributed by atoms with Crippen LogP contribution in [-0.4, -0.2) is 5.91 Å². The summed E-state index contributed by atoms with van der Waals surface area (Å²) in [6.45, 7) is 9.19. The van der Waals surface area contributed by atoms with Gasteiger partial charge in [0.2, 0.25) is 0 Å². The standard InChI is InChI=1S/C21H24NO/c1-20(2)12-13-21(3,4)18-14-16(10-11-17(18)20)22-19(23)15-8-6-5-7-9-15/h5-8,10-11,14H,12-13H2,1-4H3,(H,22,23). The number of carbonyl (C=O) groups is 1. The van der Waals surface area contributed by atoms with Gasteiger partial charge in [0, 0.05) is 11.3 Å². The SMILES string of the molecule is CC1(C)CCC(C)(C)c2cc(NC(=O)c3[c]cccc3)ccc21. The van der Waals surface area contributed by atoms with E-state index >= 15 is 0 Å². The van der Waals surface area contributed by atoms with Crippen LogP contribution in [0.1, 0.15) is 62.0 Å². The minimum atomic E-state index is -0.113. The van der Waals surface area contributed by atoms with Crippen molar-refractivity contribution in [3.63, 3.8) is 0 Å². The third-order valence-electron chi connectivity index (χ3n) is 5.06. The van der Waals surface area contributed by atoms with Crippen molar-refractivity contribution >= 4 is 11.6 Å². The molecule has 0 spiro atoms. The molecular weight excluding hydrogens is 282 g/mol. The number of fused-ring (bicyclic) bond motifs is 1. The predicted octanol–water partition coefficient (Wildman–Crippen LogP) is 5.09. The summed E-state index contributed by atoms with van der Waals surface area (Å²) in [5, 5.41) is 3.00. The molecule has 3 rings (SSSR count). The lowest BCUT2D eigenvalue weighted by molar-refractivity contribution is 0.102. The zero-order chi connectivity index (χ0) is 16.7. The van der Waals surface area contributed by atoms with Gasteiger partial charge in [0.1, 0.15) is 0 Å². The Balaban J connectivity index is 1.93. The Kier molecular flexibility index (Phi) is 3.79. The lowest BCUT2D eigenvalue weighted by Gasteiger charge is -2.42. The second kappa shape index (κ2) is 5.52. The maximum absolute atomic E-state index is 12.3. The fourth-order valence-corrected chi connectivity index (χ4v) is 3.40. The van der Waals surface area contributed by atoms with E-state index in [4.69, 9.17) is 0 Å². The summed E-state index contributed by atoms with van der Waals surface area (Å²) in [6, 6.07) is 16.6. The Morgan fingerprint density at radius 1 is 1.00 bits per heavy atom. The van der Waals surface area contributed by atoms with E-state index in [1.807, 2.05) is 18.2 Å². The van der Waals surface area contributed by atoms with Gasteiger partial charge in [-0.25, -0.2) is 0 Å². The molecule has 0 aliphatic heterocycles. The van der Waals surface area contributed by atoms with Crippen LogP contribution in [0, 0.1) is 6.07 Å². The molecule has 1 radical (unpaired) electrons. The summed E-state index contributed by atoms with van der Waals surface area (Å²) < 4.78 is 0. The third-order valence-corrected chi connectivity index (χ3v) is 5.06. The second-order valence-corrected chi connectivity index (χ2v) is 7.76. The molecule has 1 aliphatic carbocycles. The highest BCUT2D eigenvalue weighted by Gasteiger charge is 2.36. The van der Waals surface area contributed by atoms with E-state index in [2.05, 4.69) is 51.2 Å². The monoisotopic (exact) mass is 306 g/mol. The summed E-state index contributed by atoms with van der Waals surface area (Å²) in [6.07, 6.45) is 2.36. The molecule has 1 aliphatic rings. The van der Waals surface area contributed by atoms with E-state index in [-0.39, 0.29) is 16.7 Å². The van der Waals surface area contributed by atoms with Gasteiger partial charge in [-0.15, -0.1) is 0 Å².